The normalized spacial score (nSPS) is 14.1. The van der Waals surface area contributed by atoms with Crippen LogP contribution in [-0.4, -0.2) is 28.0 Å². The van der Waals surface area contributed by atoms with Gasteiger partial charge in [-0.1, -0.05) is 29.3 Å². The average Bonchev–Trinajstić information content (AvgIpc) is 3.22. The van der Waals surface area contributed by atoms with E-state index in [0.29, 0.717) is 5.95 Å². The van der Waals surface area contributed by atoms with Gasteiger partial charge >= 0.3 is 0 Å². The summed E-state index contributed by atoms with van der Waals surface area (Å²) in [6.45, 7) is 6.26. The Labute approximate surface area is 195 Å². The van der Waals surface area contributed by atoms with Crippen LogP contribution in [-0.2, 0) is 12.8 Å². The SMILES string of the molecule is Cc1ccc(Nc2nc(N)nc(N3CCCCC3)c2CCc2c[nH]c3ccc(C)cc23)cc1. The quantitative estimate of drug-likeness (QED) is 0.359. The van der Waals surface area contributed by atoms with Gasteiger partial charge in [-0.2, -0.15) is 9.97 Å². The molecule has 0 atom stereocenters. The molecule has 170 valence electrons. The Hall–Kier alpha value is -3.54. The third kappa shape index (κ3) is 4.65. The summed E-state index contributed by atoms with van der Waals surface area (Å²) < 4.78 is 0. The predicted octanol–water partition coefficient (Wildman–Crippen LogP) is 5.68. The number of aromatic amines is 1. The molecule has 3 heterocycles. The number of nitrogens with two attached hydrogens (primary N) is 1. The van der Waals surface area contributed by atoms with Crippen molar-refractivity contribution in [2.24, 2.45) is 0 Å². The second-order valence-electron chi connectivity index (χ2n) is 9.13. The van der Waals surface area contributed by atoms with Gasteiger partial charge in [0.2, 0.25) is 5.95 Å². The zero-order valence-corrected chi connectivity index (χ0v) is 19.5. The van der Waals surface area contributed by atoms with E-state index in [-0.39, 0.29) is 0 Å². The van der Waals surface area contributed by atoms with Gasteiger partial charge in [0.25, 0.3) is 0 Å². The van der Waals surface area contributed by atoms with E-state index < -0.39 is 0 Å². The van der Waals surface area contributed by atoms with Crippen molar-refractivity contribution in [3.8, 4) is 0 Å². The highest BCUT2D eigenvalue weighted by Crippen LogP contribution is 2.32. The maximum absolute atomic E-state index is 6.20. The molecule has 0 unspecified atom stereocenters. The summed E-state index contributed by atoms with van der Waals surface area (Å²) in [7, 11) is 0. The van der Waals surface area contributed by atoms with E-state index in [9.17, 15) is 0 Å². The number of rotatable bonds is 6. The van der Waals surface area contributed by atoms with Crippen LogP contribution < -0.4 is 16.0 Å². The number of benzene rings is 2. The third-order valence-electron chi connectivity index (χ3n) is 6.54. The van der Waals surface area contributed by atoms with Gasteiger partial charge in [-0.25, -0.2) is 0 Å². The number of piperidine rings is 1. The molecule has 2 aromatic heterocycles. The van der Waals surface area contributed by atoms with E-state index in [1.165, 1.54) is 46.9 Å². The molecule has 0 amide bonds. The third-order valence-corrected chi connectivity index (χ3v) is 6.54. The minimum Gasteiger partial charge on any atom is -0.368 e. The number of hydrogen-bond acceptors (Lipinski definition) is 5. The van der Waals surface area contributed by atoms with Crippen molar-refractivity contribution < 1.29 is 0 Å². The molecule has 1 saturated heterocycles. The molecule has 0 aliphatic carbocycles. The molecule has 0 spiro atoms. The zero-order valence-electron chi connectivity index (χ0n) is 19.5. The summed E-state index contributed by atoms with van der Waals surface area (Å²) in [5.74, 6) is 2.10. The topological polar surface area (TPSA) is 82.9 Å². The lowest BCUT2D eigenvalue weighted by Gasteiger charge is -2.30. The standard InChI is InChI=1S/C27H32N6/c1-18-6-10-21(11-7-18)30-25-22(26(32-27(28)31-25)33-14-4-3-5-15-33)12-9-20-17-29-24-13-8-19(2)16-23(20)24/h6-8,10-11,13,16-17,29H,3-5,9,12,14-15H2,1-2H3,(H3,28,30,31,32). The van der Waals surface area contributed by atoms with Crippen LogP contribution in [0.2, 0.25) is 0 Å². The summed E-state index contributed by atoms with van der Waals surface area (Å²) in [5.41, 5.74) is 13.3. The van der Waals surface area contributed by atoms with Crippen LogP contribution >= 0.6 is 0 Å². The summed E-state index contributed by atoms with van der Waals surface area (Å²) in [6.07, 6.45) is 7.52. The molecule has 33 heavy (non-hydrogen) atoms. The highest BCUT2D eigenvalue weighted by atomic mass is 15.2. The Morgan fingerprint density at radius 1 is 0.939 bits per heavy atom. The first-order valence-electron chi connectivity index (χ1n) is 11.9. The highest BCUT2D eigenvalue weighted by molar-refractivity contribution is 5.84. The molecule has 2 aromatic carbocycles. The van der Waals surface area contributed by atoms with Gasteiger partial charge in [0.05, 0.1) is 0 Å². The van der Waals surface area contributed by atoms with Gasteiger partial charge in [0, 0.05) is 41.4 Å². The van der Waals surface area contributed by atoms with Gasteiger partial charge in [-0.15, -0.1) is 0 Å². The van der Waals surface area contributed by atoms with Crippen LogP contribution in [0.3, 0.4) is 0 Å². The summed E-state index contributed by atoms with van der Waals surface area (Å²) >= 11 is 0. The number of nitrogens with one attached hydrogen (secondary N) is 2. The minimum absolute atomic E-state index is 0.316. The Balaban J connectivity index is 1.51. The number of H-pyrrole nitrogens is 1. The Bertz CT molecular complexity index is 1250. The second-order valence-corrected chi connectivity index (χ2v) is 9.13. The zero-order chi connectivity index (χ0) is 22.8. The Morgan fingerprint density at radius 2 is 1.70 bits per heavy atom. The first-order chi connectivity index (χ1) is 16.1. The summed E-state index contributed by atoms with van der Waals surface area (Å²) in [5, 5.41) is 4.82. The maximum Gasteiger partial charge on any atom is 0.223 e. The van der Waals surface area contributed by atoms with Gasteiger partial charge in [0.1, 0.15) is 11.6 Å². The largest absolute Gasteiger partial charge is 0.368 e. The maximum atomic E-state index is 6.20. The molecule has 1 fully saturated rings. The lowest BCUT2D eigenvalue weighted by molar-refractivity contribution is 0.571. The monoisotopic (exact) mass is 440 g/mol. The van der Waals surface area contributed by atoms with Crippen molar-refractivity contribution >= 4 is 34.2 Å². The van der Waals surface area contributed by atoms with Crippen molar-refractivity contribution in [1.82, 2.24) is 15.0 Å². The smallest absolute Gasteiger partial charge is 0.223 e. The lowest BCUT2D eigenvalue weighted by atomic mass is 10.0. The van der Waals surface area contributed by atoms with Gasteiger partial charge < -0.3 is 20.9 Å². The van der Waals surface area contributed by atoms with E-state index in [1.807, 2.05) is 0 Å². The number of fused-ring (bicyclic) bond motifs is 1. The highest BCUT2D eigenvalue weighted by Gasteiger charge is 2.21. The molecule has 5 rings (SSSR count). The molecule has 1 aliphatic rings. The van der Waals surface area contributed by atoms with Crippen LogP contribution in [0.4, 0.5) is 23.3 Å². The second kappa shape index (κ2) is 9.14. The molecule has 6 heteroatoms. The van der Waals surface area contributed by atoms with Crippen molar-refractivity contribution in [2.45, 2.75) is 46.0 Å². The van der Waals surface area contributed by atoms with Gasteiger partial charge in [-0.3, -0.25) is 0 Å². The first-order valence-corrected chi connectivity index (χ1v) is 11.9. The van der Waals surface area contributed by atoms with E-state index in [0.717, 1.165) is 48.8 Å². The first kappa shape index (κ1) is 21.3. The molecular formula is C27H32N6. The number of aryl methyl sites for hydroxylation is 3. The number of nitrogens with zero attached hydrogens (tertiary/aromatic N) is 3. The molecule has 4 N–H and O–H groups in total. The number of hydrogen-bond donors (Lipinski definition) is 3. The van der Waals surface area contributed by atoms with Crippen LogP contribution in [0.5, 0.6) is 0 Å². The summed E-state index contributed by atoms with van der Waals surface area (Å²) in [4.78, 5) is 15.2. The van der Waals surface area contributed by atoms with E-state index in [2.05, 4.69) is 82.7 Å². The van der Waals surface area contributed by atoms with Crippen molar-refractivity contribution in [3.05, 3.63) is 70.9 Å². The van der Waals surface area contributed by atoms with Crippen LogP contribution in [0.25, 0.3) is 10.9 Å². The van der Waals surface area contributed by atoms with Crippen LogP contribution in [0.1, 0.15) is 41.5 Å². The molecule has 0 bridgehead atoms. The summed E-state index contributed by atoms with van der Waals surface area (Å²) in [6, 6.07) is 14.9. The molecule has 6 nitrogen and oxygen atoms in total. The molecular weight excluding hydrogens is 408 g/mol. The number of nitrogen functional groups attached to an aromatic ring is 1. The fourth-order valence-electron chi connectivity index (χ4n) is 4.72. The Morgan fingerprint density at radius 3 is 2.48 bits per heavy atom. The lowest BCUT2D eigenvalue weighted by Crippen LogP contribution is -2.32. The number of anilines is 4. The predicted molar refractivity (Wildman–Crippen MR) is 137 cm³/mol. The van der Waals surface area contributed by atoms with Crippen LogP contribution in [0, 0.1) is 13.8 Å². The molecule has 4 aromatic rings. The molecule has 0 saturated carbocycles. The van der Waals surface area contributed by atoms with Gasteiger partial charge in [-0.05, 0) is 75.8 Å². The van der Waals surface area contributed by atoms with E-state index in [4.69, 9.17) is 10.7 Å². The molecule has 1 aliphatic heterocycles. The van der Waals surface area contributed by atoms with E-state index >= 15 is 0 Å². The van der Waals surface area contributed by atoms with E-state index in [1.54, 1.807) is 0 Å². The average molecular weight is 441 g/mol. The molecule has 0 radical (unpaired) electrons. The van der Waals surface area contributed by atoms with Crippen LogP contribution in [0.15, 0.2) is 48.7 Å². The van der Waals surface area contributed by atoms with Crippen molar-refractivity contribution in [2.75, 3.05) is 29.0 Å². The fraction of sp³-hybridized carbons (Fsp3) is 0.333. The minimum atomic E-state index is 0.316. The van der Waals surface area contributed by atoms with Gasteiger partial charge in [0.15, 0.2) is 0 Å². The fourth-order valence-corrected chi connectivity index (χ4v) is 4.72. The van der Waals surface area contributed by atoms with Crippen molar-refractivity contribution in [3.63, 3.8) is 0 Å². The van der Waals surface area contributed by atoms with Crippen molar-refractivity contribution in [1.29, 1.82) is 0 Å². The number of aromatic nitrogens is 3. The Kier molecular flexibility index (Phi) is 5.90.